The SMILES string of the molecule is Cc1nn(Cc2ccccc2F)c(C)c1NC(=O)c1ccc(COc2ccc(F)cc2)cc1. The van der Waals surface area contributed by atoms with Crippen LogP contribution in [-0.4, -0.2) is 15.7 Å². The number of hydrogen-bond acceptors (Lipinski definition) is 3. The van der Waals surface area contributed by atoms with E-state index in [1.807, 2.05) is 6.92 Å². The van der Waals surface area contributed by atoms with Crippen molar-refractivity contribution in [2.45, 2.75) is 27.0 Å². The van der Waals surface area contributed by atoms with E-state index in [9.17, 15) is 13.6 Å². The molecule has 1 N–H and O–H groups in total. The van der Waals surface area contributed by atoms with Gasteiger partial charge in [0.25, 0.3) is 5.91 Å². The Kier molecular flexibility index (Phi) is 6.49. The highest BCUT2D eigenvalue weighted by atomic mass is 19.1. The predicted octanol–water partition coefficient (Wildman–Crippen LogP) is 5.66. The number of aryl methyl sites for hydroxylation is 1. The molecule has 0 saturated carbocycles. The lowest BCUT2D eigenvalue weighted by atomic mass is 10.1. The molecule has 0 radical (unpaired) electrons. The number of carbonyl (C=O) groups is 1. The Morgan fingerprint density at radius 3 is 2.36 bits per heavy atom. The summed E-state index contributed by atoms with van der Waals surface area (Å²) in [7, 11) is 0. The molecule has 0 atom stereocenters. The summed E-state index contributed by atoms with van der Waals surface area (Å²) in [5.41, 5.74) is 3.90. The highest BCUT2D eigenvalue weighted by Crippen LogP contribution is 2.22. The molecule has 5 nitrogen and oxygen atoms in total. The van der Waals surface area contributed by atoms with Gasteiger partial charge in [0.05, 0.1) is 23.6 Å². The van der Waals surface area contributed by atoms with Crippen molar-refractivity contribution in [1.29, 1.82) is 0 Å². The second kappa shape index (κ2) is 9.65. The van der Waals surface area contributed by atoms with E-state index < -0.39 is 0 Å². The van der Waals surface area contributed by atoms with Crippen molar-refractivity contribution in [2.75, 3.05) is 5.32 Å². The van der Waals surface area contributed by atoms with Gasteiger partial charge in [0.2, 0.25) is 0 Å². The van der Waals surface area contributed by atoms with Gasteiger partial charge in [-0.1, -0.05) is 30.3 Å². The topological polar surface area (TPSA) is 56.2 Å². The molecule has 0 unspecified atom stereocenters. The number of benzene rings is 3. The summed E-state index contributed by atoms with van der Waals surface area (Å²) < 4.78 is 34.3. The Morgan fingerprint density at radius 1 is 0.970 bits per heavy atom. The van der Waals surface area contributed by atoms with Crippen molar-refractivity contribution in [3.05, 3.63) is 113 Å². The molecule has 0 bridgehead atoms. The number of hydrogen-bond donors (Lipinski definition) is 1. The molecule has 4 rings (SSSR count). The average molecular weight is 447 g/mol. The molecule has 7 heteroatoms. The maximum absolute atomic E-state index is 14.0. The molecule has 0 saturated heterocycles. The van der Waals surface area contributed by atoms with Crippen LogP contribution in [0.25, 0.3) is 0 Å². The van der Waals surface area contributed by atoms with Crippen LogP contribution in [-0.2, 0) is 13.2 Å². The molecular formula is C26H23F2N3O2. The Hall–Kier alpha value is -4.00. The van der Waals surface area contributed by atoms with Gasteiger partial charge in [-0.15, -0.1) is 0 Å². The second-order valence-corrected chi connectivity index (χ2v) is 7.69. The fourth-order valence-corrected chi connectivity index (χ4v) is 3.46. The number of ether oxygens (including phenoxy) is 1. The summed E-state index contributed by atoms with van der Waals surface area (Å²) in [6.07, 6.45) is 0. The molecule has 0 spiro atoms. The minimum absolute atomic E-state index is 0.266. The number of carbonyl (C=O) groups excluding carboxylic acids is 1. The van der Waals surface area contributed by atoms with Gasteiger partial charge in [-0.05, 0) is 61.9 Å². The van der Waals surface area contributed by atoms with Crippen molar-refractivity contribution in [3.8, 4) is 5.75 Å². The van der Waals surface area contributed by atoms with E-state index >= 15 is 0 Å². The fourth-order valence-electron chi connectivity index (χ4n) is 3.46. The lowest BCUT2D eigenvalue weighted by molar-refractivity contribution is 0.102. The predicted molar refractivity (Wildman–Crippen MR) is 122 cm³/mol. The van der Waals surface area contributed by atoms with Crippen LogP contribution < -0.4 is 10.1 Å². The van der Waals surface area contributed by atoms with Crippen LogP contribution in [0.3, 0.4) is 0 Å². The van der Waals surface area contributed by atoms with Crippen molar-refractivity contribution >= 4 is 11.6 Å². The monoisotopic (exact) mass is 447 g/mol. The highest BCUT2D eigenvalue weighted by molar-refractivity contribution is 6.04. The molecule has 33 heavy (non-hydrogen) atoms. The molecule has 168 valence electrons. The number of amides is 1. The Balaban J connectivity index is 1.41. The summed E-state index contributed by atoms with van der Waals surface area (Å²) in [5, 5.41) is 7.38. The molecule has 1 amide bonds. The Bertz CT molecular complexity index is 1270. The lowest BCUT2D eigenvalue weighted by Gasteiger charge is -2.09. The van der Waals surface area contributed by atoms with Gasteiger partial charge in [0, 0.05) is 11.1 Å². The smallest absolute Gasteiger partial charge is 0.255 e. The zero-order chi connectivity index (χ0) is 23.4. The maximum atomic E-state index is 14.0. The van der Waals surface area contributed by atoms with Gasteiger partial charge in [-0.3, -0.25) is 9.48 Å². The number of nitrogens with zero attached hydrogens (tertiary/aromatic N) is 2. The highest BCUT2D eigenvalue weighted by Gasteiger charge is 2.16. The van der Waals surface area contributed by atoms with Crippen LogP contribution in [0.1, 0.15) is 32.9 Å². The summed E-state index contributed by atoms with van der Waals surface area (Å²) >= 11 is 0. The van der Waals surface area contributed by atoms with Crippen molar-refractivity contribution in [1.82, 2.24) is 9.78 Å². The van der Waals surface area contributed by atoms with Crippen molar-refractivity contribution in [3.63, 3.8) is 0 Å². The summed E-state index contributed by atoms with van der Waals surface area (Å²) in [6, 6.07) is 19.4. The van der Waals surface area contributed by atoms with Crippen LogP contribution in [0, 0.1) is 25.5 Å². The zero-order valence-corrected chi connectivity index (χ0v) is 18.3. The molecule has 0 aliphatic rings. The molecule has 3 aromatic carbocycles. The molecule has 0 aliphatic carbocycles. The maximum Gasteiger partial charge on any atom is 0.255 e. The normalized spacial score (nSPS) is 10.8. The van der Waals surface area contributed by atoms with E-state index in [1.54, 1.807) is 66.2 Å². The van der Waals surface area contributed by atoms with Gasteiger partial charge < -0.3 is 10.1 Å². The van der Waals surface area contributed by atoms with Gasteiger partial charge in [0.15, 0.2) is 0 Å². The average Bonchev–Trinajstić information content (AvgIpc) is 3.08. The van der Waals surface area contributed by atoms with Crippen LogP contribution in [0.4, 0.5) is 14.5 Å². The van der Waals surface area contributed by atoms with Crippen LogP contribution in [0.5, 0.6) is 5.75 Å². The first-order valence-corrected chi connectivity index (χ1v) is 10.5. The van der Waals surface area contributed by atoms with Gasteiger partial charge in [-0.25, -0.2) is 8.78 Å². The minimum Gasteiger partial charge on any atom is -0.489 e. The van der Waals surface area contributed by atoms with E-state index in [1.165, 1.54) is 18.2 Å². The first-order chi connectivity index (χ1) is 15.9. The number of aromatic nitrogens is 2. The van der Waals surface area contributed by atoms with Gasteiger partial charge in [-0.2, -0.15) is 5.10 Å². The third-order valence-corrected chi connectivity index (χ3v) is 5.33. The van der Waals surface area contributed by atoms with E-state index in [4.69, 9.17) is 4.74 Å². The molecule has 0 aliphatic heterocycles. The fraction of sp³-hybridized carbons (Fsp3) is 0.154. The quantitative estimate of drug-likeness (QED) is 0.398. The van der Waals surface area contributed by atoms with Crippen LogP contribution >= 0.6 is 0 Å². The second-order valence-electron chi connectivity index (χ2n) is 7.69. The largest absolute Gasteiger partial charge is 0.489 e. The Morgan fingerprint density at radius 2 is 1.67 bits per heavy atom. The minimum atomic E-state index is -0.319. The van der Waals surface area contributed by atoms with Crippen LogP contribution in [0.15, 0.2) is 72.8 Å². The molecular weight excluding hydrogens is 424 g/mol. The zero-order valence-electron chi connectivity index (χ0n) is 18.3. The van der Waals surface area contributed by atoms with E-state index in [2.05, 4.69) is 10.4 Å². The number of halogens is 2. The van der Waals surface area contributed by atoms with Crippen LogP contribution in [0.2, 0.25) is 0 Å². The third-order valence-electron chi connectivity index (χ3n) is 5.33. The first-order valence-electron chi connectivity index (χ1n) is 10.5. The standard InChI is InChI=1S/C26H23F2N3O2/c1-17-25(18(2)31(30-17)15-21-5-3-4-6-24(21)28)29-26(32)20-9-7-19(8-10-20)16-33-23-13-11-22(27)12-14-23/h3-14H,15-16H2,1-2H3,(H,29,32). The van der Waals surface area contributed by atoms with Crippen molar-refractivity contribution in [2.24, 2.45) is 0 Å². The third kappa shape index (κ3) is 5.26. The molecule has 0 fully saturated rings. The number of nitrogens with one attached hydrogen (secondary N) is 1. The van der Waals surface area contributed by atoms with E-state index in [0.717, 1.165) is 11.3 Å². The van der Waals surface area contributed by atoms with Gasteiger partial charge in [0.1, 0.15) is 24.0 Å². The first kappa shape index (κ1) is 22.2. The van der Waals surface area contributed by atoms with E-state index in [-0.39, 0.29) is 24.1 Å². The number of anilines is 1. The lowest BCUT2D eigenvalue weighted by Crippen LogP contribution is -2.13. The molecule has 1 aromatic heterocycles. The van der Waals surface area contributed by atoms with Crippen molar-refractivity contribution < 1.29 is 18.3 Å². The molecule has 1 heterocycles. The van der Waals surface area contributed by atoms with E-state index in [0.29, 0.717) is 34.9 Å². The Labute approximate surface area is 190 Å². The summed E-state index contributed by atoms with van der Waals surface area (Å²) in [5.74, 6) is -0.311. The summed E-state index contributed by atoms with van der Waals surface area (Å²) in [6.45, 7) is 4.22. The number of rotatable bonds is 7. The molecule has 4 aromatic rings. The van der Waals surface area contributed by atoms with Gasteiger partial charge >= 0.3 is 0 Å². The summed E-state index contributed by atoms with van der Waals surface area (Å²) in [4.78, 5) is 12.8.